The summed E-state index contributed by atoms with van der Waals surface area (Å²) in [5.74, 6) is 0.343. The number of carbonyl (C=O) groups is 1. The van der Waals surface area contributed by atoms with Crippen LogP contribution in [0.4, 0.5) is 4.79 Å². The zero-order valence-corrected chi connectivity index (χ0v) is 12.6. The molecule has 0 atom stereocenters. The van der Waals surface area contributed by atoms with Crippen LogP contribution in [0.1, 0.15) is 19.4 Å². The number of hydrogen-bond donors (Lipinski definition) is 4. The van der Waals surface area contributed by atoms with Gasteiger partial charge >= 0.3 is 13.1 Å². The molecule has 7 nitrogen and oxygen atoms in total. The van der Waals surface area contributed by atoms with Gasteiger partial charge in [0.1, 0.15) is 5.75 Å². The second-order valence-corrected chi connectivity index (χ2v) is 5.05. The van der Waals surface area contributed by atoms with Crippen molar-refractivity contribution in [2.45, 2.75) is 20.0 Å². The Morgan fingerprint density at radius 1 is 1.55 bits per heavy atom. The zero-order chi connectivity index (χ0) is 15.3. The number of halogens is 1. The highest BCUT2D eigenvalue weighted by atomic mass is 79.9. The van der Waals surface area contributed by atoms with Crippen molar-refractivity contribution in [3.63, 3.8) is 0 Å². The smallest absolute Gasteiger partial charge is 0.490 e. The fourth-order valence-corrected chi connectivity index (χ4v) is 2.02. The van der Waals surface area contributed by atoms with Crippen LogP contribution >= 0.6 is 15.9 Å². The number of ether oxygens (including phenoxy) is 1. The third-order valence-electron chi connectivity index (χ3n) is 2.11. The van der Waals surface area contributed by atoms with Gasteiger partial charge in [-0.15, -0.1) is 0 Å². The topological polar surface area (TPSA) is 117 Å². The SMILES string of the molecule is CC(C)Oc1c(Br)cc(C=NNC(N)=O)cc1B(O)O. The molecular weight excluding hydrogens is 329 g/mol. The van der Waals surface area contributed by atoms with Crippen molar-refractivity contribution in [1.29, 1.82) is 0 Å². The lowest BCUT2D eigenvalue weighted by atomic mass is 9.78. The van der Waals surface area contributed by atoms with Gasteiger partial charge in [-0.2, -0.15) is 5.10 Å². The molecule has 0 fully saturated rings. The van der Waals surface area contributed by atoms with Gasteiger partial charge in [0.25, 0.3) is 0 Å². The van der Waals surface area contributed by atoms with Gasteiger partial charge < -0.3 is 20.5 Å². The van der Waals surface area contributed by atoms with Gasteiger partial charge in [0.05, 0.1) is 16.8 Å². The maximum absolute atomic E-state index is 10.5. The maximum atomic E-state index is 10.5. The maximum Gasteiger partial charge on any atom is 0.492 e. The second kappa shape index (κ2) is 7.27. The van der Waals surface area contributed by atoms with Crippen LogP contribution in [-0.2, 0) is 0 Å². The molecule has 0 aliphatic heterocycles. The molecule has 1 aromatic rings. The largest absolute Gasteiger partial charge is 0.492 e. The first-order chi connectivity index (χ1) is 9.31. The van der Waals surface area contributed by atoms with Crippen molar-refractivity contribution in [2.24, 2.45) is 10.8 Å². The Labute approximate surface area is 125 Å². The van der Waals surface area contributed by atoms with Crippen molar-refractivity contribution in [1.82, 2.24) is 5.43 Å². The number of benzene rings is 1. The molecule has 0 saturated carbocycles. The highest BCUT2D eigenvalue weighted by Gasteiger charge is 2.21. The van der Waals surface area contributed by atoms with E-state index in [4.69, 9.17) is 10.5 Å². The minimum absolute atomic E-state index is 0.125. The molecule has 9 heteroatoms. The predicted molar refractivity (Wildman–Crippen MR) is 80.0 cm³/mol. The number of nitrogens with zero attached hydrogens (tertiary/aromatic N) is 1. The fraction of sp³-hybridized carbons (Fsp3) is 0.273. The molecular formula is C11H15BBrN3O4. The number of carbonyl (C=O) groups excluding carboxylic acids is 1. The summed E-state index contributed by atoms with van der Waals surface area (Å²) in [4.78, 5) is 10.5. The summed E-state index contributed by atoms with van der Waals surface area (Å²) < 4.78 is 6.07. The monoisotopic (exact) mass is 343 g/mol. The molecule has 2 amide bonds. The second-order valence-electron chi connectivity index (χ2n) is 4.20. The number of hydrazone groups is 1. The van der Waals surface area contributed by atoms with E-state index in [-0.39, 0.29) is 11.6 Å². The Hall–Kier alpha value is -1.58. The Balaban J connectivity index is 3.12. The van der Waals surface area contributed by atoms with Crippen LogP contribution in [-0.4, -0.2) is 35.5 Å². The van der Waals surface area contributed by atoms with Crippen molar-refractivity contribution in [2.75, 3.05) is 0 Å². The Bertz CT molecular complexity index is 523. The lowest BCUT2D eigenvalue weighted by Crippen LogP contribution is -2.33. The minimum Gasteiger partial charge on any atom is -0.490 e. The molecule has 108 valence electrons. The fourth-order valence-electron chi connectivity index (χ4n) is 1.43. The van der Waals surface area contributed by atoms with Gasteiger partial charge in [0.2, 0.25) is 0 Å². The third-order valence-corrected chi connectivity index (χ3v) is 2.70. The number of rotatable bonds is 5. The summed E-state index contributed by atoms with van der Waals surface area (Å²) in [5.41, 5.74) is 7.64. The van der Waals surface area contributed by atoms with Crippen molar-refractivity contribution >= 4 is 40.8 Å². The summed E-state index contributed by atoms with van der Waals surface area (Å²) in [6.45, 7) is 3.65. The van der Waals surface area contributed by atoms with Gasteiger partial charge in [-0.1, -0.05) is 0 Å². The van der Waals surface area contributed by atoms with Crippen LogP contribution in [0.3, 0.4) is 0 Å². The van der Waals surface area contributed by atoms with Gasteiger partial charge in [-0.3, -0.25) is 0 Å². The first kappa shape index (κ1) is 16.5. The molecule has 0 saturated heterocycles. The number of nitrogens with two attached hydrogens (primary N) is 1. The minimum atomic E-state index is -1.70. The molecule has 5 N–H and O–H groups in total. The molecule has 0 spiro atoms. The molecule has 0 aliphatic rings. The van der Waals surface area contributed by atoms with Crippen LogP contribution in [0.25, 0.3) is 0 Å². The van der Waals surface area contributed by atoms with Crippen LogP contribution in [0, 0.1) is 0 Å². The van der Waals surface area contributed by atoms with Crippen molar-refractivity contribution < 1.29 is 19.6 Å². The zero-order valence-electron chi connectivity index (χ0n) is 11.0. The molecule has 1 rings (SSSR count). The molecule has 0 aliphatic carbocycles. The van der Waals surface area contributed by atoms with E-state index in [1.165, 1.54) is 12.3 Å². The van der Waals surface area contributed by atoms with E-state index in [9.17, 15) is 14.8 Å². The summed E-state index contributed by atoms with van der Waals surface area (Å²) in [5, 5.41) is 22.4. The first-order valence-electron chi connectivity index (χ1n) is 5.76. The van der Waals surface area contributed by atoms with E-state index in [0.29, 0.717) is 15.8 Å². The van der Waals surface area contributed by atoms with Crippen molar-refractivity contribution in [3.05, 3.63) is 22.2 Å². The highest BCUT2D eigenvalue weighted by Crippen LogP contribution is 2.25. The van der Waals surface area contributed by atoms with E-state index >= 15 is 0 Å². The van der Waals surface area contributed by atoms with Gasteiger partial charge in [-0.25, -0.2) is 10.2 Å². The predicted octanol–water partition coefficient (Wildman–Crippen LogP) is -0.0817. The van der Waals surface area contributed by atoms with Gasteiger partial charge in [0, 0.05) is 5.46 Å². The Morgan fingerprint density at radius 2 is 2.20 bits per heavy atom. The lowest BCUT2D eigenvalue weighted by Gasteiger charge is -2.16. The first-order valence-corrected chi connectivity index (χ1v) is 6.55. The third kappa shape index (κ3) is 4.84. The molecule has 0 heterocycles. The van der Waals surface area contributed by atoms with E-state index in [0.717, 1.165) is 0 Å². The summed E-state index contributed by atoms with van der Waals surface area (Å²) in [6, 6.07) is 2.36. The summed E-state index contributed by atoms with van der Waals surface area (Å²) >= 11 is 3.29. The van der Waals surface area contributed by atoms with Gasteiger partial charge in [0.15, 0.2) is 0 Å². The standard InChI is InChI=1S/C11H15BBrN3O4/c1-6(2)20-10-8(12(18)19)3-7(4-9(10)13)5-15-16-11(14)17/h3-6,18-19H,1-2H3,(H3,14,16,17). The average molecular weight is 344 g/mol. The summed E-state index contributed by atoms with van der Waals surface area (Å²) in [7, 11) is -1.70. The van der Waals surface area contributed by atoms with Crippen LogP contribution in [0.15, 0.2) is 21.7 Å². The summed E-state index contributed by atoms with van der Waals surface area (Å²) in [6.07, 6.45) is 1.19. The van der Waals surface area contributed by atoms with E-state index in [2.05, 4.69) is 21.0 Å². The highest BCUT2D eigenvalue weighted by molar-refractivity contribution is 9.10. The lowest BCUT2D eigenvalue weighted by molar-refractivity contribution is 0.242. The number of primary amides is 1. The van der Waals surface area contributed by atoms with Crippen molar-refractivity contribution in [3.8, 4) is 5.75 Å². The number of amides is 2. The number of urea groups is 1. The average Bonchev–Trinajstić information content (AvgIpc) is 2.30. The van der Waals surface area contributed by atoms with E-state index < -0.39 is 13.1 Å². The molecule has 0 bridgehead atoms. The Kier molecular flexibility index (Phi) is 5.99. The quantitative estimate of drug-likeness (QED) is 0.340. The number of nitrogens with one attached hydrogen (secondary N) is 1. The normalized spacial score (nSPS) is 10.9. The molecule has 20 heavy (non-hydrogen) atoms. The van der Waals surface area contributed by atoms with Crippen LogP contribution in [0.5, 0.6) is 5.75 Å². The molecule has 0 aromatic heterocycles. The Morgan fingerprint density at radius 3 is 2.70 bits per heavy atom. The molecule has 0 unspecified atom stereocenters. The number of hydrogen-bond acceptors (Lipinski definition) is 5. The molecule has 0 radical (unpaired) electrons. The van der Waals surface area contributed by atoms with Crippen LogP contribution < -0.4 is 21.4 Å². The van der Waals surface area contributed by atoms with E-state index in [1.54, 1.807) is 6.07 Å². The van der Waals surface area contributed by atoms with E-state index in [1.807, 2.05) is 19.3 Å². The van der Waals surface area contributed by atoms with Gasteiger partial charge in [-0.05, 0) is 47.5 Å². The van der Waals surface area contributed by atoms with Crippen LogP contribution in [0.2, 0.25) is 0 Å². The molecule has 1 aromatic carbocycles.